The number of likely N-dealkylation sites (tertiary alicyclic amines) is 1. The van der Waals surface area contributed by atoms with Gasteiger partial charge in [0.25, 0.3) is 0 Å². The second kappa shape index (κ2) is 13.2. The van der Waals surface area contributed by atoms with Gasteiger partial charge in [-0.3, -0.25) is 4.99 Å². The Hall–Kier alpha value is -2.11. The summed E-state index contributed by atoms with van der Waals surface area (Å²) in [5.74, 6) is 2.88. The second-order valence-electron chi connectivity index (χ2n) is 6.77. The zero-order valence-corrected chi connectivity index (χ0v) is 20.5. The van der Waals surface area contributed by atoms with Crippen LogP contribution in [0, 0.1) is 0 Å². The Morgan fingerprint density at radius 3 is 2.23 bits per heavy atom. The Bertz CT molecular complexity index is 683. The topological polar surface area (TPSA) is 110 Å². The highest BCUT2D eigenvalue weighted by Crippen LogP contribution is 2.34. The summed E-state index contributed by atoms with van der Waals surface area (Å²) in [6.07, 6.45) is 2.34. The van der Waals surface area contributed by atoms with Gasteiger partial charge in [0.05, 0.1) is 21.3 Å². The molecule has 1 heterocycles. The first-order valence-corrected chi connectivity index (χ1v) is 9.90. The number of amides is 2. The van der Waals surface area contributed by atoms with E-state index in [0.717, 1.165) is 30.9 Å². The summed E-state index contributed by atoms with van der Waals surface area (Å²) < 4.78 is 16.3. The monoisotopic (exact) mass is 535 g/mol. The van der Waals surface area contributed by atoms with E-state index in [0.29, 0.717) is 43.3 Å². The van der Waals surface area contributed by atoms with E-state index in [9.17, 15) is 4.79 Å². The van der Waals surface area contributed by atoms with E-state index in [2.05, 4.69) is 10.6 Å². The Morgan fingerprint density at radius 1 is 1.17 bits per heavy atom. The number of aliphatic imine (C=N–C) groups is 1. The van der Waals surface area contributed by atoms with Crippen molar-refractivity contribution in [2.75, 3.05) is 47.5 Å². The average molecular weight is 535 g/mol. The molecule has 1 fully saturated rings. The van der Waals surface area contributed by atoms with E-state index in [1.54, 1.807) is 26.2 Å². The third kappa shape index (κ3) is 7.29. The smallest absolute Gasteiger partial charge is 0.314 e. The predicted octanol–water partition coefficient (Wildman–Crippen LogP) is 1.97. The Labute approximate surface area is 195 Å². The van der Waals surface area contributed by atoms with E-state index in [1.165, 1.54) is 0 Å². The summed E-state index contributed by atoms with van der Waals surface area (Å²) in [5.41, 5.74) is 6.30. The fourth-order valence-corrected chi connectivity index (χ4v) is 3.36. The normalized spacial score (nSPS) is 14.5. The van der Waals surface area contributed by atoms with Crippen LogP contribution in [0.4, 0.5) is 4.79 Å². The molecule has 30 heavy (non-hydrogen) atoms. The SMILES string of the molecule is CCNC(=NCCc1c(OC)cc(OC)cc1OC)NC1CCN(C(N)=O)CC1.I. The molecule has 1 aliphatic heterocycles. The number of hydrogen-bond acceptors (Lipinski definition) is 5. The van der Waals surface area contributed by atoms with Crippen molar-refractivity contribution in [1.82, 2.24) is 15.5 Å². The minimum Gasteiger partial charge on any atom is -0.496 e. The van der Waals surface area contributed by atoms with Crippen molar-refractivity contribution >= 4 is 36.0 Å². The molecule has 0 aromatic heterocycles. The molecule has 0 atom stereocenters. The third-order valence-corrected chi connectivity index (χ3v) is 4.94. The zero-order chi connectivity index (χ0) is 21.2. The number of piperidine rings is 1. The van der Waals surface area contributed by atoms with Crippen molar-refractivity contribution in [2.24, 2.45) is 10.7 Å². The van der Waals surface area contributed by atoms with Gasteiger partial charge in [0.15, 0.2) is 5.96 Å². The number of nitrogens with one attached hydrogen (secondary N) is 2. The zero-order valence-electron chi connectivity index (χ0n) is 18.2. The number of nitrogens with zero attached hydrogens (tertiary/aromatic N) is 2. The summed E-state index contributed by atoms with van der Waals surface area (Å²) >= 11 is 0. The van der Waals surface area contributed by atoms with Gasteiger partial charge in [0.1, 0.15) is 17.2 Å². The molecule has 1 aromatic carbocycles. The fraction of sp³-hybridized carbons (Fsp3) is 0.600. The molecular formula is C20H34IN5O4. The van der Waals surface area contributed by atoms with Crippen LogP contribution in [-0.4, -0.2) is 70.4 Å². The molecule has 1 aromatic rings. The van der Waals surface area contributed by atoms with Crippen molar-refractivity contribution in [3.8, 4) is 17.2 Å². The highest BCUT2D eigenvalue weighted by molar-refractivity contribution is 14.0. The maximum absolute atomic E-state index is 11.3. The number of primary amides is 1. The maximum atomic E-state index is 11.3. The van der Waals surface area contributed by atoms with Gasteiger partial charge in [0.2, 0.25) is 0 Å². The van der Waals surface area contributed by atoms with Crippen molar-refractivity contribution in [3.63, 3.8) is 0 Å². The number of carbonyl (C=O) groups excluding carboxylic acids is 1. The molecule has 170 valence electrons. The number of carbonyl (C=O) groups is 1. The molecule has 1 aliphatic rings. The molecule has 4 N–H and O–H groups in total. The lowest BCUT2D eigenvalue weighted by Crippen LogP contribution is -2.50. The van der Waals surface area contributed by atoms with Crippen molar-refractivity contribution in [3.05, 3.63) is 17.7 Å². The van der Waals surface area contributed by atoms with Crippen LogP contribution in [0.3, 0.4) is 0 Å². The van der Waals surface area contributed by atoms with Gasteiger partial charge in [-0.05, 0) is 26.2 Å². The summed E-state index contributed by atoms with van der Waals surface area (Å²) in [6, 6.07) is 3.59. The maximum Gasteiger partial charge on any atom is 0.314 e. The number of rotatable bonds is 8. The molecule has 1 saturated heterocycles. The highest BCUT2D eigenvalue weighted by atomic mass is 127. The van der Waals surface area contributed by atoms with Crippen LogP contribution < -0.4 is 30.6 Å². The van der Waals surface area contributed by atoms with E-state index in [1.807, 2.05) is 19.1 Å². The van der Waals surface area contributed by atoms with Crippen molar-refractivity contribution < 1.29 is 19.0 Å². The van der Waals surface area contributed by atoms with Gasteiger partial charge >= 0.3 is 6.03 Å². The molecule has 0 unspecified atom stereocenters. The molecule has 9 nitrogen and oxygen atoms in total. The van der Waals surface area contributed by atoms with Crippen LogP contribution >= 0.6 is 24.0 Å². The van der Waals surface area contributed by atoms with Crippen LogP contribution in [0.15, 0.2) is 17.1 Å². The van der Waals surface area contributed by atoms with Crippen LogP contribution in [-0.2, 0) is 6.42 Å². The number of halogens is 1. The van der Waals surface area contributed by atoms with Crippen LogP contribution in [0.25, 0.3) is 0 Å². The van der Waals surface area contributed by atoms with Crippen molar-refractivity contribution in [1.29, 1.82) is 0 Å². The average Bonchev–Trinajstić information content (AvgIpc) is 2.73. The first kappa shape index (κ1) is 25.9. The Balaban J connectivity index is 0.00000450. The molecule has 10 heteroatoms. The van der Waals surface area contributed by atoms with Gasteiger partial charge in [-0.1, -0.05) is 0 Å². The van der Waals surface area contributed by atoms with E-state index < -0.39 is 0 Å². The van der Waals surface area contributed by atoms with Crippen LogP contribution in [0.1, 0.15) is 25.3 Å². The number of methoxy groups -OCH3 is 3. The summed E-state index contributed by atoms with van der Waals surface area (Å²) in [4.78, 5) is 17.6. The number of ether oxygens (including phenoxy) is 3. The number of benzene rings is 1. The second-order valence-corrected chi connectivity index (χ2v) is 6.77. The van der Waals surface area contributed by atoms with Crippen LogP contribution in [0.5, 0.6) is 17.2 Å². The molecule has 0 aliphatic carbocycles. The van der Waals surface area contributed by atoms with Gasteiger partial charge in [0, 0.05) is 49.9 Å². The Kier molecular flexibility index (Phi) is 11.4. The third-order valence-electron chi connectivity index (χ3n) is 4.94. The number of nitrogens with two attached hydrogens (primary N) is 1. The molecule has 0 spiro atoms. The largest absolute Gasteiger partial charge is 0.496 e. The molecule has 0 radical (unpaired) electrons. The lowest BCUT2D eigenvalue weighted by Gasteiger charge is -2.32. The van der Waals surface area contributed by atoms with Gasteiger partial charge < -0.3 is 35.5 Å². The molecular weight excluding hydrogens is 501 g/mol. The predicted molar refractivity (Wildman–Crippen MR) is 129 cm³/mol. The molecule has 2 rings (SSSR count). The fourth-order valence-electron chi connectivity index (χ4n) is 3.36. The lowest BCUT2D eigenvalue weighted by atomic mass is 10.1. The van der Waals surface area contributed by atoms with Gasteiger partial charge in [-0.2, -0.15) is 0 Å². The first-order valence-electron chi connectivity index (χ1n) is 9.90. The van der Waals surface area contributed by atoms with E-state index >= 15 is 0 Å². The first-order chi connectivity index (χ1) is 14.0. The van der Waals surface area contributed by atoms with E-state index in [4.69, 9.17) is 24.9 Å². The molecule has 0 saturated carbocycles. The van der Waals surface area contributed by atoms with Gasteiger partial charge in [-0.15, -0.1) is 24.0 Å². The number of urea groups is 1. The minimum atomic E-state index is -0.355. The summed E-state index contributed by atoms with van der Waals surface area (Å²) in [6.45, 7) is 4.68. The number of hydrogen-bond donors (Lipinski definition) is 3. The Morgan fingerprint density at radius 2 is 1.77 bits per heavy atom. The molecule has 2 amide bonds. The van der Waals surface area contributed by atoms with Crippen molar-refractivity contribution in [2.45, 2.75) is 32.2 Å². The number of guanidine groups is 1. The lowest BCUT2D eigenvalue weighted by molar-refractivity contribution is 0.188. The standard InChI is InChI=1S/C20H33N5O4.HI/c1-5-22-20(24-14-7-10-25(11-8-14)19(21)26)23-9-6-16-17(28-3)12-15(27-2)13-18(16)29-4;/h12-14H,5-11H2,1-4H3,(H2,21,26)(H2,22,23,24);1H. The molecule has 0 bridgehead atoms. The quantitative estimate of drug-likeness (QED) is 0.267. The van der Waals surface area contributed by atoms with E-state index in [-0.39, 0.29) is 36.0 Å². The van der Waals surface area contributed by atoms with Gasteiger partial charge in [-0.25, -0.2) is 4.79 Å². The minimum absolute atomic E-state index is 0. The summed E-state index contributed by atoms with van der Waals surface area (Å²) in [7, 11) is 4.87. The van der Waals surface area contributed by atoms with Crippen LogP contribution in [0.2, 0.25) is 0 Å². The highest BCUT2D eigenvalue weighted by Gasteiger charge is 2.21. The summed E-state index contributed by atoms with van der Waals surface area (Å²) in [5, 5.41) is 6.73.